The van der Waals surface area contributed by atoms with E-state index in [-0.39, 0.29) is 10.6 Å². The molecule has 0 aliphatic carbocycles. The van der Waals surface area contributed by atoms with Gasteiger partial charge >= 0.3 is 0 Å². The van der Waals surface area contributed by atoms with E-state index in [1.54, 1.807) is 35.7 Å². The fourth-order valence-electron chi connectivity index (χ4n) is 2.93. The number of nitrogens with zero attached hydrogens (tertiary/aromatic N) is 1. The smallest absolute Gasteiger partial charge is 0.260 e. The highest BCUT2D eigenvalue weighted by Gasteiger charge is 2.19. The molecule has 6 heteroatoms. The van der Waals surface area contributed by atoms with E-state index >= 15 is 0 Å². The minimum Gasteiger partial charge on any atom is -0.499 e. The summed E-state index contributed by atoms with van der Waals surface area (Å²) in [5, 5.41) is 24.7. The molecule has 1 amide bonds. The zero-order valence-electron chi connectivity index (χ0n) is 14.5. The molecule has 136 valence electrons. The number of fused-ring (bicyclic) bond motifs is 1. The fourth-order valence-corrected chi connectivity index (χ4v) is 4.61. The minimum absolute atomic E-state index is 0.0617. The quantitative estimate of drug-likeness (QED) is 0.483. The van der Waals surface area contributed by atoms with Crippen LogP contribution in [0.25, 0.3) is 15.7 Å². The highest BCUT2D eigenvalue weighted by atomic mass is 32.1. The molecule has 2 heterocycles. The van der Waals surface area contributed by atoms with Gasteiger partial charge in [-0.25, -0.2) is 0 Å². The number of benzene rings is 2. The van der Waals surface area contributed by atoms with Gasteiger partial charge in [-0.3, -0.25) is 4.79 Å². The number of carbonyl (C=O) groups is 1. The number of carbonyl (C=O) groups excluding carboxylic acids is 1. The van der Waals surface area contributed by atoms with E-state index in [9.17, 15) is 9.90 Å². The molecule has 0 bridgehead atoms. The third-order valence-corrected chi connectivity index (χ3v) is 6.12. The summed E-state index contributed by atoms with van der Waals surface area (Å²) in [4.78, 5) is 13.9. The first kappa shape index (κ1) is 18.0. The van der Waals surface area contributed by atoms with Gasteiger partial charge in [0.1, 0.15) is 5.56 Å². The summed E-state index contributed by atoms with van der Waals surface area (Å²) < 4.78 is 0.757. The van der Waals surface area contributed by atoms with Crippen molar-refractivity contribution in [2.45, 2.75) is 0 Å². The number of amides is 1. The lowest BCUT2D eigenvalue weighted by atomic mass is 10.1. The topological polar surface area (TPSA) is 73.1 Å². The maximum Gasteiger partial charge on any atom is 0.260 e. The Bertz CT molecular complexity index is 1220. The zero-order chi connectivity index (χ0) is 19.5. The molecular weight excluding hydrogens is 388 g/mol. The number of hydrogen-bond acceptors (Lipinski definition) is 5. The second-order valence-corrected chi connectivity index (χ2v) is 7.96. The van der Waals surface area contributed by atoms with Crippen molar-refractivity contribution >= 4 is 44.2 Å². The molecule has 0 saturated heterocycles. The highest BCUT2D eigenvalue weighted by molar-refractivity contribution is 7.21. The van der Waals surface area contributed by atoms with Crippen LogP contribution in [0.15, 0.2) is 72.2 Å². The van der Waals surface area contributed by atoms with Gasteiger partial charge in [-0.2, -0.15) is 5.26 Å². The number of rotatable bonds is 4. The van der Waals surface area contributed by atoms with Crippen LogP contribution in [-0.2, 0) is 0 Å². The molecule has 2 aromatic carbocycles. The van der Waals surface area contributed by atoms with Crippen molar-refractivity contribution in [2.24, 2.45) is 0 Å². The fraction of sp³-hybridized carbons (Fsp3) is 0. The summed E-state index contributed by atoms with van der Waals surface area (Å²) in [7, 11) is 0. The maximum atomic E-state index is 12.9. The van der Waals surface area contributed by atoms with E-state index in [1.165, 1.54) is 0 Å². The third-order valence-electron chi connectivity index (χ3n) is 4.24. The Kier molecular flexibility index (Phi) is 4.94. The number of nitriles is 1. The van der Waals surface area contributed by atoms with E-state index in [0.717, 1.165) is 32.1 Å². The molecule has 4 rings (SSSR count). The standard InChI is InChI=1S/C22H14N2O2S2/c23-12-14-8-9-19-16(11-14)20(22(26)28-19)21(25)24-13-17(18-7-4-10-27-18)15-5-2-1-3-6-15/h1-11,13,26H,(H,24,25). The summed E-state index contributed by atoms with van der Waals surface area (Å²) in [5.41, 5.74) is 2.50. The van der Waals surface area contributed by atoms with E-state index in [1.807, 2.05) is 47.8 Å². The molecule has 0 unspecified atom stereocenters. The van der Waals surface area contributed by atoms with Crippen LogP contribution in [0, 0.1) is 11.3 Å². The van der Waals surface area contributed by atoms with Gasteiger partial charge in [0.25, 0.3) is 5.91 Å². The predicted octanol–water partition coefficient (Wildman–Crippen LogP) is 5.36. The van der Waals surface area contributed by atoms with Gasteiger partial charge in [0.15, 0.2) is 5.06 Å². The van der Waals surface area contributed by atoms with Gasteiger partial charge in [0, 0.05) is 26.7 Å². The molecule has 2 aromatic heterocycles. The molecule has 0 atom stereocenters. The van der Waals surface area contributed by atoms with Gasteiger partial charge in [0.2, 0.25) is 0 Å². The molecule has 0 fully saturated rings. The molecule has 0 aliphatic heterocycles. The first-order chi connectivity index (χ1) is 13.7. The zero-order valence-corrected chi connectivity index (χ0v) is 16.2. The van der Waals surface area contributed by atoms with Crippen molar-refractivity contribution in [1.29, 1.82) is 5.26 Å². The first-order valence-corrected chi connectivity index (χ1v) is 10.1. The molecule has 2 N–H and O–H groups in total. The lowest BCUT2D eigenvalue weighted by Gasteiger charge is -2.07. The Hall–Kier alpha value is -3.40. The summed E-state index contributed by atoms with van der Waals surface area (Å²) >= 11 is 2.70. The average Bonchev–Trinajstić information content (AvgIpc) is 3.35. The van der Waals surface area contributed by atoms with Crippen LogP contribution in [0.4, 0.5) is 0 Å². The van der Waals surface area contributed by atoms with Crippen molar-refractivity contribution < 1.29 is 9.90 Å². The monoisotopic (exact) mass is 402 g/mol. The Morgan fingerprint density at radius 1 is 1.11 bits per heavy atom. The summed E-state index contributed by atoms with van der Waals surface area (Å²) in [6.45, 7) is 0. The molecule has 0 saturated carbocycles. The lowest BCUT2D eigenvalue weighted by molar-refractivity contribution is 0.0970. The molecule has 0 aliphatic rings. The minimum atomic E-state index is -0.413. The molecule has 28 heavy (non-hydrogen) atoms. The molecule has 0 spiro atoms. The van der Waals surface area contributed by atoms with Gasteiger partial charge in [-0.1, -0.05) is 47.7 Å². The molecule has 0 radical (unpaired) electrons. The van der Waals surface area contributed by atoms with Crippen LogP contribution in [0.3, 0.4) is 0 Å². The summed E-state index contributed by atoms with van der Waals surface area (Å²) in [6, 6.07) is 20.8. The summed E-state index contributed by atoms with van der Waals surface area (Å²) in [5.74, 6) is -0.413. The SMILES string of the molecule is N#Cc1ccc2sc(O)c(C(=O)NC=C(c3ccccc3)c3cccs3)c2c1. The Morgan fingerprint density at radius 3 is 2.64 bits per heavy atom. The number of nitrogens with one attached hydrogen (secondary N) is 1. The van der Waals surface area contributed by atoms with Gasteiger partial charge in [-0.05, 0) is 35.2 Å². The summed E-state index contributed by atoms with van der Waals surface area (Å²) in [6.07, 6.45) is 1.67. The first-order valence-electron chi connectivity index (χ1n) is 8.43. The van der Waals surface area contributed by atoms with Crippen LogP contribution in [-0.4, -0.2) is 11.0 Å². The van der Waals surface area contributed by atoms with E-state index in [4.69, 9.17) is 5.26 Å². The number of aromatic hydroxyl groups is 1. The van der Waals surface area contributed by atoms with Crippen molar-refractivity contribution in [2.75, 3.05) is 0 Å². The second kappa shape index (κ2) is 7.69. The van der Waals surface area contributed by atoms with Gasteiger partial charge in [0.05, 0.1) is 11.6 Å². The van der Waals surface area contributed by atoms with Crippen LogP contribution < -0.4 is 5.32 Å². The second-order valence-electron chi connectivity index (χ2n) is 5.98. The highest BCUT2D eigenvalue weighted by Crippen LogP contribution is 2.37. The van der Waals surface area contributed by atoms with E-state index < -0.39 is 5.91 Å². The number of thiophene rings is 2. The van der Waals surface area contributed by atoms with Crippen molar-refractivity contribution in [1.82, 2.24) is 5.32 Å². The molecule has 4 aromatic rings. The number of hydrogen-bond donors (Lipinski definition) is 2. The van der Waals surface area contributed by atoms with E-state index in [0.29, 0.717) is 10.9 Å². The maximum absolute atomic E-state index is 12.9. The van der Waals surface area contributed by atoms with Crippen LogP contribution in [0.5, 0.6) is 5.06 Å². The van der Waals surface area contributed by atoms with Crippen molar-refractivity contribution in [3.05, 3.63) is 93.8 Å². The van der Waals surface area contributed by atoms with Gasteiger partial charge < -0.3 is 10.4 Å². The Labute approximate surface area is 169 Å². The van der Waals surface area contributed by atoms with Crippen molar-refractivity contribution in [3.63, 3.8) is 0 Å². The van der Waals surface area contributed by atoms with Crippen LogP contribution >= 0.6 is 22.7 Å². The third kappa shape index (κ3) is 3.41. The lowest BCUT2D eigenvalue weighted by Crippen LogP contribution is -2.17. The van der Waals surface area contributed by atoms with Crippen LogP contribution in [0.1, 0.15) is 26.4 Å². The predicted molar refractivity (Wildman–Crippen MR) is 114 cm³/mol. The Morgan fingerprint density at radius 2 is 1.93 bits per heavy atom. The van der Waals surface area contributed by atoms with Crippen LogP contribution in [0.2, 0.25) is 0 Å². The molecular formula is C22H14N2O2S2. The largest absolute Gasteiger partial charge is 0.499 e. The average molecular weight is 403 g/mol. The van der Waals surface area contributed by atoms with Gasteiger partial charge in [-0.15, -0.1) is 11.3 Å². The van der Waals surface area contributed by atoms with Crippen molar-refractivity contribution in [3.8, 4) is 11.1 Å². The Balaban J connectivity index is 1.72. The molecule has 4 nitrogen and oxygen atoms in total. The normalized spacial score (nSPS) is 11.3. The van der Waals surface area contributed by atoms with E-state index in [2.05, 4.69) is 11.4 Å².